The highest BCUT2D eigenvalue weighted by Gasteiger charge is 2.37. The van der Waals surface area contributed by atoms with Crippen molar-refractivity contribution in [3.8, 4) is 17.1 Å². The first-order valence-corrected chi connectivity index (χ1v) is 11.7. The topological polar surface area (TPSA) is 112 Å². The molecule has 5 rings (SSSR count). The molecular weight excluding hydrogens is 446 g/mol. The molecule has 0 spiro atoms. The van der Waals surface area contributed by atoms with E-state index in [1.165, 1.54) is 6.07 Å². The monoisotopic (exact) mass is 465 g/mol. The minimum atomic E-state index is -3.85. The average molecular weight is 465 g/mol. The van der Waals surface area contributed by atoms with E-state index in [1.807, 2.05) is 31.2 Å². The molecule has 0 saturated heterocycles. The van der Waals surface area contributed by atoms with Crippen molar-refractivity contribution in [2.45, 2.75) is 18.4 Å². The van der Waals surface area contributed by atoms with Crippen LogP contribution in [-0.2, 0) is 26.2 Å². The number of hydrogen-bond donors (Lipinski definition) is 0. The predicted octanol–water partition coefficient (Wildman–Crippen LogP) is 3.54. The van der Waals surface area contributed by atoms with Crippen LogP contribution >= 0.6 is 0 Å². The Morgan fingerprint density at radius 2 is 1.85 bits per heavy atom. The molecule has 1 aliphatic rings. The Balaban J connectivity index is 1.30. The minimum absolute atomic E-state index is 0.0827. The van der Waals surface area contributed by atoms with Crippen LogP contribution < -0.4 is 9.04 Å². The molecule has 3 aromatic carbocycles. The zero-order chi connectivity index (χ0) is 23.0. The third-order valence-corrected chi connectivity index (χ3v) is 7.01. The molecule has 0 fully saturated rings. The molecule has 10 heteroatoms. The van der Waals surface area contributed by atoms with Crippen LogP contribution in [0.2, 0.25) is 0 Å². The summed E-state index contributed by atoms with van der Waals surface area (Å²) in [4.78, 5) is 16.9. The van der Waals surface area contributed by atoms with Crippen LogP contribution in [-0.4, -0.2) is 37.7 Å². The second-order valence-electron chi connectivity index (χ2n) is 7.24. The lowest BCUT2D eigenvalue weighted by Gasteiger charge is -2.17. The molecule has 1 aliphatic heterocycles. The fraction of sp³-hybridized carbons (Fsp3) is 0.174. The fourth-order valence-electron chi connectivity index (χ4n) is 3.79. The van der Waals surface area contributed by atoms with Crippen LogP contribution in [0.3, 0.4) is 0 Å². The molecule has 0 amide bonds. The van der Waals surface area contributed by atoms with E-state index in [4.69, 9.17) is 14.0 Å². The van der Waals surface area contributed by atoms with E-state index in [-0.39, 0.29) is 17.4 Å². The van der Waals surface area contributed by atoms with Gasteiger partial charge in [0, 0.05) is 5.39 Å². The normalized spacial score (nSPS) is 13.9. The van der Waals surface area contributed by atoms with Gasteiger partial charge in [-0.3, -0.25) is 9.10 Å². The second-order valence-corrected chi connectivity index (χ2v) is 9.08. The summed E-state index contributed by atoms with van der Waals surface area (Å²) >= 11 is 0. The first-order chi connectivity index (χ1) is 16.0. The number of para-hydroxylation sites is 1. The lowest BCUT2D eigenvalue weighted by atomic mass is 10.1. The van der Waals surface area contributed by atoms with Gasteiger partial charge in [0.05, 0.1) is 22.8 Å². The van der Waals surface area contributed by atoms with Gasteiger partial charge in [0.25, 0.3) is 15.9 Å². The summed E-state index contributed by atoms with van der Waals surface area (Å²) in [6, 6.07) is 17.5. The van der Waals surface area contributed by atoms with Crippen molar-refractivity contribution in [1.82, 2.24) is 10.1 Å². The number of aromatic nitrogens is 2. The van der Waals surface area contributed by atoms with E-state index >= 15 is 0 Å². The summed E-state index contributed by atoms with van der Waals surface area (Å²) in [6.07, 6.45) is 0. The summed E-state index contributed by atoms with van der Waals surface area (Å²) < 4.78 is 43.0. The quantitative estimate of drug-likeness (QED) is 0.381. The molecule has 0 aliphatic carbocycles. The largest absolute Gasteiger partial charge is 0.493 e. The van der Waals surface area contributed by atoms with E-state index in [2.05, 4.69) is 10.1 Å². The molecular formula is C23H19N3O6S. The number of hydrogen-bond acceptors (Lipinski definition) is 8. The van der Waals surface area contributed by atoms with Crippen molar-refractivity contribution >= 4 is 32.5 Å². The Bertz CT molecular complexity index is 1460. The van der Waals surface area contributed by atoms with Crippen LogP contribution in [0.1, 0.15) is 12.8 Å². The van der Waals surface area contributed by atoms with Gasteiger partial charge in [-0.25, -0.2) is 8.42 Å². The zero-order valence-corrected chi connectivity index (χ0v) is 18.4. The number of nitrogens with zero attached hydrogens (tertiary/aromatic N) is 3. The second kappa shape index (κ2) is 8.21. The Kier molecular flexibility index (Phi) is 5.21. The van der Waals surface area contributed by atoms with Crippen LogP contribution in [0, 0.1) is 0 Å². The van der Waals surface area contributed by atoms with Gasteiger partial charge in [-0.15, -0.1) is 0 Å². The van der Waals surface area contributed by atoms with Crippen LogP contribution in [0.4, 0.5) is 5.69 Å². The third kappa shape index (κ3) is 3.68. The van der Waals surface area contributed by atoms with Gasteiger partial charge < -0.3 is 14.0 Å². The van der Waals surface area contributed by atoms with Crippen molar-refractivity contribution in [2.75, 3.05) is 17.5 Å². The molecule has 0 N–H and O–H groups in total. The van der Waals surface area contributed by atoms with Gasteiger partial charge in [0.2, 0.25) is 5.82 Å². The number of esters is 1. The maximum Gasteiger partial charge on any atom is 0.327 e. The first kappa shape index (κ1) is 21.0. The van der Waals surface area contributed by atoms with Gasteiger partial charge >= 0.3 is 5.97 Å². The summed E-state index contributed by atoms with van der Waals surface area (Å²) in [7, 11) is -3.85. The Morgan fingerprint density at radius 3 is 2.67 bits per heavy atom. The average Bonchev–Trinajstić information content (AvgIpc) is 3.37. The smallest absolute Gasteiger partial charge is 0.327 e. The summed E-state index contributed by atoms with van der Waals surface area (Å²) in [5.41, 5.74) is 1.10. The molecule has 9 nitrogen and oxygen atoms in total. The fourth-order valence-corrected chi connectivity index (χ4v) is 5.44. The van der Waals surface area contributed by atoms with Crippen molar-refractivity contribution in [1.29, 1.82) is 0 Å². The number of carbonyl (C=O) groups excluding carboxylic acids is 1. The number of anilines is 1. The lowest BCUT2D eigenvalue weighted by molar-refractivity contribution is -0.143. The SMILES string of the molecule is CCOc1ccccc1-c1noc(COC(=O)CN2c3cccc4cccc(c34)S2(=O)=O)n1. The molecule has 0 unspecified atom stereocenters. The predicted molar refractivity (Wildman–Crippen MR) is 119 cm³/mol. The van der Waals surface area contributed by atoms with E-state index < -0.39 is 22.5 Å². The highest BCUT2D eigenvalue weighted by Crippen LogP contribution is 2.41. The molecule has 33 heavy (non-hydrogen) atoms. The van der Waals surface area contributed by atoms with Crippen LogP contribution in [0.5, 0.6) is 5.75 Å². The van der Waals surface area contributed by atoms with Crippen molar-refractivity contribution in [3.05, 3.63) is 66.6 Å². The number of benzene rings is 3. The zero-order valence-electron chi connectivity index (χ0n) is 17.6. The number of carbonyl (C=O) groups is 1. The highest BCUT2D eigenvalue weighted by atomic mass is 32.2. The van der Waals surface area contributed by atoms with E-state index in [0.717, 1.165) is 9.69 Å². The Labute approximate surface area is 189 Å². The Morgan fingerprint density at radius 1 is 1.06 bits per heavy atom. The number of rotatable bonds is 7. The first-order valence-electron chi connectivity index (χ1n) is 10.2. The molecule has 168 valence electrons. The van der Waals surface area contributed by atoms with Gasteiger partial charge in [-0.2, -0.15) is 4.98 Å². The lowest BCUT2D eigenvalue weighted by Crippen LogP contribution is -2.33. The molecule has 0 radical (unpaired) electrons. The standard InChI is InChI=1S/C23H19N3O6S/c1-2-30-18-11-4-3-9-16(18)23-24-20(32-25-23)14-31-21(27)13-26-17-10-5-7-15-8-6-12-19(22(15)17)33(26,28)29/h3-12H,2,13-14H2,1H3. The summed E-state index contributed by atoms with van der Waals surface area (Å²) in [5.74, 6) is 0.254. The van der Waals surface area contributed by atoms with Crippen LogP contribution in [0.15, 0.2) is 70.1 Å². The van der Waals surface area contributed by atoms with Gasteiger partial charge in [0.15, 0.2) is 6.61 Å². The van der Waals surface area contributed by atoms with Gasteiger partial charge in [-0.05, 0) is 36.6 Å². The van der Waals surface area contributed by atoms with Gasteiger partial charge in [-0.1, -0.05) is 41.6 Å². The van der Waals surface area contributed by atoms with Gasteiger partial charge in [0.1, 0.15) is 12.3 Å². The van der Waals surface area contributed by atoms with Crippen molar-refractivity contribution in [3.63, 3.8) is 0 Å². The van der Waals surface area contributed by atoms with E-state index in [0.29, 0.717) is 34.8 Å². The van der Waals surface area contributed by atoms with E-state index in [1.54, 1.807) is 30.3 Å². The molecule has 0 bridgehead atoms. The number of ether oxygens (including phenoxy) is 2. The molecule has 0 atom stereocenters. The summed E-state index contributed by atoms with van der Waals surface area (Å²) in [5, 5.41) is 5.31. The third-order valence-electron chi connectivity index (χ3n) is 5.21. The van der Waals surface area contributed by atoms with Crippen molar-refractivity contribution in [2.24, 2.45) is 0 Å². The maximum atomic E-state index is 13.0. The molecule has 2 heterocycles. The number of sulfonamides is 1. The molecule has 1 aromatic heterocycles. The van der Waals surface area contributed by atoms with Crippen molar-refractivity contribution < 1.29 is 27.2 Å². The highest BCUT2D eigenvalue weighted by molar-refractivity contribution is 7.93. The Hall–Kier alpha value is -3.92. The minimum Gasteiger partial charge on any atom is -0.493 e. The van der Waals surface area contributed by atoms with Crippen LogP contribution in [0.25, 0.3) is 22.2 Å². The molecule has 4 aromatic rings. The summed E-state index contributed by atoms with van der Waals surface area (Å²) in [6.45, 7) is 1.60. The van der Waals surface area contributed by atoms with E-state index in [9.17, 15) is 13.2 Å². The maximum absolute atomic E-state index is 13.0. The molecule has 0 saturated carbocycles.